The molecule has 3 rings (SSSR count). The predicted octanol–water partition coefficient (Wildman–Crippen LogP) is 3.53. The third-order valence-corrected chi connectivity index (χ3v) is 3.70. The standard InChI is InChI=1S/C17H19FN2O/c1-2-20(16-9-5-3-7-14(16)18)12-13-11-19-15-8-4-6-10-17(15)21-13/h3-10,13,19H,2,11-12H2,1H3. The Kier molecular flexibility index (Phi) is 3.95. The second-order valence-corrected chi connectivity index (χ2v) is 5.11. The number of likely N-dealkylation sites (N-methyl/N-ethyl adjacent to an activating group) is 1. The molecule has 110 valence electrons. The van der Waals surface area contributed by atoms with Gasteiger partial charge >= 0.3 is 0 Å². The molecule has 0 amide bonds. The van der Waals surface area contributed by atoms with Gasteiger partial charge in [-0.05, 0) is 31.2 Å². The van der Waals surface area contributed by atoms with Gasteiger partial charge in [0.1, 0.15) is 17.7 Å². The average molecular weight is 286 g/mol. The quantitative estimate of drug-likeness (QED) is 0.930. The van der Waals surface area contributed by atoms with Crippen LogP contribution in [0.4, 0.5) is 15.8 Å². The Balaban J connectivity index is 1.73. The molecule has 2 aromatic carbocycles. The fraction of sp³-hybridized carbons (Fsp3) is 0.294. The van der Waals surface area contributed by atoms with Crippen molar-refractivity contribution in [3.05, 3.63) is 54.3 Å². The molecular weight excluding hydrogens is 267 g/mol. The van der Waals surface area contributed by atoms with E-state index < -0.39 is 0 Å². The van der Waals surface area contributed by atoms with E-state index in [-0.39, 0.29) is 11.9 Å². The largest absolute Gasteiger partial charge is 0.485 e. The van der Waals surface area contributed by atoms with Gasteiger partial charge in [-0.3, -0.25) is 0 Å². The molecule has 1 aliphatic rings. The maximum atomic E-state index is 13.9. The third kappa shape index (κ3) is 2.94. The van der Waals surface area contributed by atoms with Crippen molar-refractivity contribution in [3.63, 3.8) is 0 Å². The van der Waals surface area contributed by atoms with Gasteiger partial charge < -0.3 is 15.0 Å². The van der Waals surface area contributed by atoms with E-state index in [1.807, 2.05) is 48.2 Å². The van der Waals surface area contributed by atoms with E-state index >= 15 is 0 Å². The number of para-hydroxylation sites is 3. The minimum Gasteiger partial charge on any atom is -0.485 e. The monoisotopic (exact) mass is 286 g/mol. The van der Waals surface area contributed by atoms with Crippen molar-refractivity contribution in [1.29, 1.82) is 0 Å². The van der Waals surface area contributed by atoms with Gasteiger partial charge in [-0.15, -0.1) is 0 Å². The van der Waals surface area contributed by atoms with Crippen LogP contribution in [0.15, 0.2) is 48.5 Å². The van der Waals surface area contributed by atoms with Crippen LogP contribution in [-0.2, 0) is 0 Å². The van der Waals surface area contributed by atoms with Gasteiger partial charge in [-0.2, -0.15) is 0 Å². The molecule has 0 fully saturated rings. The summed E-state index contributed by atoms with van der Waals surface area (Å²) in [6, 6.07) is 14.8. The van der Waals surface area contributed by atoms with Gasteiger partial charge in [-0.25, -0.2) is 4.39 Å². The Bertz CT molecular complexity index is 617. The SMILES string of the molecule is CCN(CC1CNc2ccccc2O1)c1ccccc1F. The Morgan fingerprint density at radius 3 is 2.76 bits per heavy atom. The van der Waals surface area contributed by atoms with Crippen LogP contribution in [-0.4, -0.2) is 25.7 Å². The van der Waals surface area contributed by atoms with E-state index in [2.05, 4.69) is 5.32 Å². The highest BCUT2D eigenvalue weighted by atomic mass is 19.1. The van der Waals surface area contributed by atoms with Crippen molar-refractivity contribution >= 4 is 11.4 Å². The summed E-state index contributed by atoms with van der Waals surface area (Å²) < 4.78 is 19.9. The first kappa shape index (κ1) is 13.7. The van der Waals surface area contributed by atoms with Gasteiger partial charge in [0.25, 0.3) is 0 Å². The molecule has 0 radical (unpaired) electrons. The summed E-state index contributed by atoms with van der Waals surface area (Å²) in [4.78, 5) is 2.01. The van der Waals surface area contributed by atoms with Gasteiger partial charge in [0, 0.05) is 6.54 Å². The molecule has 1 aliphatic heterocycles. The van der Waals surface area contributed by atoms with Crippen molar-refractivity contribution in [2.45, 2.75) is 13.0 Å². The lowest BCUT2D eigenvalue weighted by Crippen LogP contribution is -2.42. The lowest BCUT2D eigenvalue weighted by Gasteiger charge is -2.32. The number of nitrogens with one attached hydrogen (secondary N) is 1. The van der Waals surface area contributed by atoms with Crippen LogP contribution < -0.4 is 15.0 Å². The normalized spacial score (nSPS) is 16.6. The van der Waals surface area contributed by atoms with Crippen LogP contribution in [0.25, 0.3) is 0 Å². The molecule has 21 heavy (non-hydrogen) atoms. The van der Waals surface area contributed by atoms with E-state index in [4.69, 9.17) is 4.74 Å². The Morgan fingerprint density at radius 2 is 1.95 bits per heavy atom. The fourth-order valence-electron chi connectivity index (χ4n) is 2.61. The Hall–Kier alpha value is -2.23. The van der Waals surface area contributed by atoms with Crippen LogP contribution in [0.2, 0.25) is 0 Å². The maximum Gasteiger partial charge on any atom is 0.146 e. The van der Waals surface area contributed by atoms with Crippen molar-refractivity contribution in [3.8, 4) is 5.75 Å². The van der Waals surface area contributed by atoms with E-state index in [1.54, 1.807) is 6.07 Å². The number of fused-ring (bicyclic) bond motifs is 1. The van der Waals surface area contributed by atoms with E-state index in [0.29, 0.717) is 12.2 Å². The molecule has 0 saturated carbocycles. The van der Waals surface area contributed by atoms with Crippen molar-refractivity contribution in [2.24, 2.45) is 0 Å². The summed E-state index contributed by atoms with van der Waals surface area (Å²) in [6.45, 7) is 4.14. The van der Waals surface area contributed by atoms with Crippen molar-refractivity contribution in [2.75, 3.05) is 29.9 Å². The lowest BCUT2D eigenvalue weighted by molar-refractivity contribution is 0.210. The third-order valence-electron chi connectivity index (χ3n) is 3.70. The van der Waals surface area contributed by atoms with Crippen molar-refractivity contribution in [1.82, 2.24) is 0 Å². The lowest BCUT2D eigenvalue weighted by atomic mass is 10.2. The maximum absolute atomic E-state index is 13.9. The number of hydrogen-bond acceptors (Lipinski definition) is 3. The molecule has 0 aromatic heterocycles. The number of anilines is 2. The molecule has 4 heteroatoms. The number of ether oxygens (including phenoxy) is 1. The Labute approximate surface area is 124 Å². The summed E-state index contributed by atoms with van der Waals surface area (Å²) >= 11 is 0. The van der Waals surface area contributed by atoms with Gasteiger partial charge in [0.15, 0.2) is 0 Å². The zero-order valence-corrected chi connectivity index (χ0v) is 12.1. The molecule has 0 aliphatic carbocycles. The highest BCUT2D eigenvalue weighted by molar-refractivity contribution is 5.58. The minimum atomic E-state index is -0.191. The molecule has 1 atom stereocenters. The predicted molar refractivity (Wildman–Crippen MR) is 83.6 cm³/mol. The molecule has 3 nitrogen and oxygen atoms in total. The van der Waals surface area contributed by atoms with Crippen LogP contribution in [0.3, 0.4) is 0 Å². The van der Waals surface area contributed by atoms with Gasteiger partial charge in [0.05, 0.1) is 24.5 Å². The molecule has 0 spiro atoms. The summed E-state index contributed by atoms with van der Waals surface area (Å²) in [6.07, 6.45) is -0.000504. The molecule has 2 aromatic rings. The average Bonchev–Trinajstić information content (AvgIpc) is 2.53. The minimum absolute atomic E-state index is 0.000504. The zero-order valence-electron chi connectivity index (χ0n) is 12.1. The van der Waals surface area contributed by atoms with Crippen LogP contribution in [0.5, 0.6) is 5.75 Å². The first-order valence-corrected chi connectivity index (χ1v) is 7.27. The highest BCUT2D eigenvalue weighted by Gasteiger charge is 2.22. The molecule has 0 saturated heterocycles. The number of rotatable bonds is 4. The van der Waals surface area contributed by atoms with Crippen molar-refractivity contribution < 1.29 is 9.13 Å². The summed E-state index contributed by atoms with van der Waals surface area (Å²) in [5.41, 5.74) is 1.64. The van der Waals surface area contributed by atoms with Crippen LogP contribution >= 0.6 is 0 Å². The summed E-state index contributed by atoms with van der Waals surface area (Å²) in [5.74, 6) is 0.668. The fourth-order valence-corrected chi connectivity index (χ4v) is 2.61. The molecule has 1 unspecified atom stereocenters. The van der Waals surface area contributed by atoms with Gasteiger partial charge in [0.2, 0.25) is 0 Å². The highest BCUT2D eigenvalue weighted by Crippen LogP contribution is 2.29. The molecule has 1 N–H and O–H groups in total. The van der Waals surface area contributed by atoms with Crippen LogP contribution in [0.1, 0.15) is 6.92 Å². The summed E-state index contributed by atoms with van der Waals surface area (Å²) in [7, 11) is 0. The molecule has 1 heterocycles. The second kappa shape index (κ2) is 6.04. The Morgan fingerprint density at radius 1 is 1.19 bits per heavy atom. The molecule has 0 bridgehead atoms. The van der Waals surface area contributed by atoms with E-state index in [0.717, 1.165) is 24.5 Å². The summed E-state index contributed by atoms with van der Waals surface area (Å²) in [5, 5.41) is 3.36. The first-order chi connectivity index (χ1) is 10.3. The number of benzene rings is 2. The van der Waals surface area contributed by atoms with E-state index in [1.165, 1.54) is 6.07 Å². The number of nitrogens with zero attached hydrogens (tertiary/aromatic N) is 1. The first-order valence-electron chi connectivity index (χ1n) is 7.27. The number of halogens is 1. The van der Waals surface area contributed by atoms with Gasteiger partial charge in [-0.1, -0.05) is 24.3 Å². The van der Waals surface area contributed by atoms with Crippen LogP contribution in [0, 0.1) is 5.82 Å². The smallest absolute Gasteiger partial charge is 0.146 e. The topological polar surface area (TPSA) is 24.5 Å². The van der Waals surface area contributed by atoms with E-state index in [9.17, 15) is 4.39 Å². The number of hydrogen-bond donors (Lipinski definition) is 1. The second-order valence-electron chi connectivity index (χ2n) is 5.11. The zero-order chi connectivity index (χ0) is 14.7. The molecular formula is C17H19FN2O.